The van der Waals surface area contributed by atoms with Crippen LogP contribution in [0.15, 0.2) is 24.3 Å². The lowest BCUT2D eigenvalue weighted by atomic mass is 10.0. The van der Waals surface area contributed by atoms with Crippen LogP contribution in [0.1, 0.15) is 25.8 Å². The molecule has 0 bridgehead atoms. The minimum absolute atomic E-state index is 0.723. The van der Waals surface area contributed by atoms with Gasteiger partial charge in [-0.3, -0.25) is 0 Å². The highest BCUT2D eigenvalue weighted by atomic mass is 15.1. The molecule has 0 aromatic heterocycles. The molecule has 0 saturated heterocycles. The maximum atomic E-state index is 5.51. The first-order valence-electron chi connectivity index (χ1n) is 6.13. The second-order valence-electron chi connectivity index (χ2n) is 4.83. The molecule has 1 rings (SSSR count). The minimum atomic E-state index is 0.723. The highest BCUT2D eigenvalue weighted by molar-refractivity contribution is 5.46. The maximum absolute atomic E-state index is 5.51. The van der Waals surface area contributed by atoms with Gasteiger partial charge in [-0.25, -0.2) is 0 Å². The molecule has 0 fully saturated rings. The van der Waals surface area contributed by atoms with E-state index in [-0.39, 0.29) is 0 Å². The highest BCUT2D eigenvalue weighted by Crippen LogP contribution is 2.16. The number of hydrogen-bond acceptors (Lipinski definition) is 2. The predicted molar refractivity (Wildman–Crippen MR) is 71.9 cm³/mol. The minimum Gasteiger partial charge on any atom is -0.375 e. The molecule has 0 unspecified atom stereocenters. The molecular weight excluding hydrogens is 196 g/mol. The van der Waals surface area contributed by atoms with Gasteiger partial charge in [0, 0.05) is 19.3 Å². The van der Waals surface area contributed by atoms with E-state index in [1.54, 1.807) is 0 Å². The van der Waals surface area contributed by atoms with E-state index >= 15 is 0 Å². The lowest BCUT2D eigenvalue weighted by molar-refractivity contribution is 0.647. The van der Waals surface area contributed by atoms with Crippen molar-refractivity contribution in [3.8, 4) is 0 Å². The molecule has 90 valence electrons. The molecule has 0 spiro atoms. The van der Waals surface area contributed by atoms with Crippen molar-refractivity contribution in [3.63, 3.8) is 0 Å². The highest BCUT2D eigenvalue weighted by Gasteiger charge is 2.01. The quantitative estimate of drug-likeness (QED) is 0.798. The maximum Gasteiger partial charge on any atom is 0.0363 e. The van der Waals surface area contributed by atoms with Gasteiger partial charge in [0.15, 0.2) is 0 Å². The first-order chi connectivity index (χ1) is 7.63. The van der Waals surface area contributed by atoms with Crippen molar-refractivity contribution in [2.75, 3.05) is 25.0 Å². The van der Waals surface area contributed by atoms with Crippen molar-refractivity contribution in [2.45, 2.75) is 26.7 Å². The molecule has 0 aliphatic carbocycles. The number of nitrogens with two attached hydrogens (primary N) is 1. The summed E-state index contributed by atoms with van der Waals surface area (Å²) in [6.07, 6.45) is 2.21. The molecule has 2 heteroatoms. The third-order valence-electron chi connectivity index (χ3n) is 2.72. The molecule has 0 heterocycles. The molecule has 0 aliphatic heterocycles. The summed E-state index contributed by atoms with van der Waals surface area (Å²) >= 11 is 0. The van der Waals surface area contributed by atoms with Crippen molar-refractivity contribution in [3.05, 3.63) is 29.8 Å². The first kappa shape index (κ1) is 13.0. The van der Waals surface area contributed by atoms with Gasteiger partial charge in [0.1, 0.15) is 0 Å². The zero-order chi connectivity index (χ0) is 12.0. The van der Waals surface area contributed by atoms with E-state index in [2.05, 4.69) is 50.1 Å². The summed E-state index contributed by atoms with van der Waals surface area (Å²) < 4.78 is 0. The van der Waals surface area contributed by atoms with Crippen molar-refractivity contribution in [1.29, 1.82) is 0 Å². The topological polar surface area (TPSA) is 29.3 Å². The van der Waals surface area contributed by atoms with Crippen LogP contribution >= 0.6 is 0 Å². The molecular formula is C14H24N2. The second kappa shape index (κ2) is 6.54. The summed E-state index contributed by atoms with van der Waals surface area (Å²) in [4.78, 5) is 2.26. The van der Waals surface area contributed by atoms with E-state index < -0.39 is 0 Å². The lowest BCUT2D eigenvalue weighted by Gasteiger charge is -2.19. The molecule has 0 saturated carbocycles. The van der Waals surface area contributed by atoms with Crippen LogP contribution in [-0.4, -0.2) is 20.1 Å². The molecule has 2 N–H and O–H groups in total. The smallest absolute Gasteiger partial charge is 0.0363 e. The molecule has 0 amide bonds. The Bertz CT molecular complexity index is 290. The van der Waals surface area contributed by atoms with Crippen molar-refractivity contribution < 1.29 is 0 Å². The Hall–Kier alpha value is -1.02. The van der Waals surface area contributed by atoms with Crippen LogP contribution in [0.5, 0.6) is 0 Å². The molecule has 2 nitrogen and oxygen atoms in total. The molecule has 1 aromatic carbocycles. The Morgan fingerprint density at radius 3 is 2.31 bits per heavy atom. The summed E-state index contributed by atoms with van der Waals surface area (Å²) in [7, 11) is 2.12. The largest absolute Gasteiger partial charge is 0.375 e. The van der Waals surface area contributed by atoms with Gasteiger partial charge in [-0.2, -0.15) is 0 Å². The van der Waals surface area contributed by atoms with E-state index in [0.29, 0.717) is 0 Å². The molecule has 0 aliphatic rings. The van der Waals surface area contributed by atoms with Gasteiger partial charge in [0.25, 0.3) is 0 Å². The SMILES string of the molecule is CC(C)Cc1ccc(N(C)CCCN)cc1. The van der Waals surface area contributed by atoms with Crippen LogP contribution in [-0.2, 0) is 6.42 Å². The molecule has 16 heavy (non-hydrogen) atoms. The van der Waals surface area contributed by atoms with Gasteiger partial charge in [-0.05, 0) is 43.0 Å². The Kier molecular flexibility index (Phi) is 5.33. The monoisotopic (exact) mass is 220 g/mol. The van der Waals surface area contributed by atoms with Crippen LogP contribution in [0, 0.1) is 5.92 Å². The fourth-order valence-corrected chi connectivity index (χ4v) is 1.82. The van der Waals surface area contributed by atoms with Gasteiger partial charge in [-0.15, -0.1) is 0 Å². The standard InChI is InChI=1S/C14H24N2/c1-12(2)11-13-5-7-14(8-6-13)16(3)10-4-9-15/h5-8,12H,4,9-11,15H2,1-3H3. The number of anilines is 1. The van der Waals surface area contributed by atoms with E-state index in [9.17, 15) is 0 Å². The van der Waals surface area contributed by atoms with E-state index in [0.717, 1.165) is 31.8 Å². The molecule has 1 aromatic rings. The van der Waals surface area contributed by atoms with Gasteiger partial charge in [0.05, 0.1) is 0 Å². The molecule has 0 atom stereocenters. The van der Waals surface area contributed by atoms with Gasteiger partial charge < -0.3 is 10.6 Å². The lowest BCUT2D eigenvalue weighted by Crippen LogP contribution is -2.20. The van der Waals surface area contributed by atoms with E-state index in [4.69, 9.17) is 5.73 Å². The number of hydrogen-bond donors (Lipinski definition) is 1. The van der Waals surface area contributed by atoms with E-state index in [1.807, 2.05) is 0 Å². The van der Waals surface area contributed by atoms with Crippen molar-refractivity contribution in [2.24, 2.45) is 11.7 Å². The number of nitrogens with zero attached hydrogens (tertiary/aromatic N) is 1. The average Bonchev–Trinajstić information content (AvgIpc) is 2.26. The fourth-order valence-electron chi connectivity index (χ4n) is 1.82. The van der Waals surface area contributed by atoms with E-state index in [1.165, 1.54) is 11.3 Å². The van der Waals surface area contributed by atoms with Crippen LogP contribution in [0.4, 0.5) is 5.69 Å². The summed E-state index contributed by atoms with van der Waals surface area (Å²) in [6, 6.07) is 8.87. The van der Waals surface area contributed by atoms with Crippen LogP contribution in [0.25, 0.3) is 0 Å². The van der Waals surface area contributed by atoms with Crippen molar-refractivity contribution >= 4 is 5.69 Å². The fraction of sp³-hybridized carbons (Fsp3) is 0.571. The summed E-state index contributed by atoms with van der Waals surface area (Å²) in [5.74, 6) is 0.723. The summed E-state index contributed by atoms with van der Waals surface area (Å²) in [5.41, 5.74) is 8.21. The predicted octanol–water partition coefficient (Wildman–Crippen LogP) is 2.67. The van der Waals surface area contributed by atoms with Crippen molar-refractivity contribution in [1.82, 2.24) is 0 Å². The number of benzene rings is 1. The van der Waals surface area contributed by atoms with Crippen LogP contribution < -0.4 is 10.6 Å². The zero-order valence-electron chi connectivity index (χ0n) is 10.7. The van der Waals surface area contributed by atoms with Gasteiger partial charge in [0.2, 0.25) is 0 Å². The second-order valence-corrected chi connectivity index (χ2v) is 4.83. The average molecular weight is 220 g/mol. The number of rotatable bonds is 6. The zero-order valence-corrected chi connectivity index (χ0v) is 10.7. The summed E-state index contributed by atoms with van der Waals surface area (Å²) in [5, 5.41) is 0. The summed E-state index contributed by atoms with van der Waals surface area (Å²) in [6.45, 7) is 6.29. The Morgan fingerprint density at radius 1 is 1.19 bits per heavy atom. The third kappa shape index (κ3) is 4.23. The Labute approximate surface area is 99.5 Å². The van der Waals surface area contributed by atoms with Gasteiger partial charge in [-0.1, -0.05) is 26.0 Å². The first-order valence-corrected chi connectivity index (χ1v) is 6.13. The normalized spacial score (nSPS) is 10.8. The van der Waals surface area contributed by atoms with Crippen LogP contribution in [0.2, 0.25) is 0 Å². The Balaban J connectivity index is 2.56. The van der Waals surface area contributed by atoms with Crippen LogP contribution in [0.3, 0.4) is 0 Å². The van der Waals surface area contributed by atoms with Gasteiger partial charge >= 0.3 is 0 Å². The Morgan fingerprint density at radius 2 is 1.81 bits per heavy atom. The third-order valence-corrected chi connectivity index (χ3v) is 2.72. The molecule has 0 radical (unpaired) electrons.